The number of nitrogen functional groups attached to an aromatic ring is 1. The van der Waals surface area contributed by atoms with Gasteiger partial charge in [0.25, 0.3) is 0 Å². The third kappa shape index (κ3) is 2.08. The Morgan fingerprint density at radius 1 is 1.62 bits per heavy atom. The number of aromatic nitrogens is 2. The molecule has 0 aliphatic carbocycles. The van der Waals surface area contributed by atoms with E-state index in [1.165, 1.54) is 11.8 Å². The minimum atomic E-state index is -0.537. The van der Waals surface area contributed by atoms with E-state index in [9.17, 15) is 4.79 Å². The molecule has 7 heteroatoms. The van der Waals surface area contributed by atoms with Gasteiger partial charge in [-0.05, 0) is 0 Å². The molecular formula is C9H16N4O3. The fourth-order valence-corrected chi connectivity index (χ4v) is 1.34. The lowest BCUT2D eigenvalue weighted by atomic mass is 10.3. The second kappa shape index (κ2) is 4.84. The van der Waals surface area contributed by atoms with Gasteiger partial charge in [-0.1, -0.05) is 0 Å². The van der Waals surface area contributed by atoms with Gasteiger partial charge in [0.2, 0.25) is 0 Å². The van der Waals surface area contributed by atoms with E-state index in [0.29, 0.717) is 5.82 Å². The van der Waals surface area contributed by atoms with Crippen molar-refractivity contribution in [1.82, 2.24) is 9.78 Å². The van der Waals surface area contributed by atoms with Gasteiger partial charge in [0.1, 0.15) is 11.4 Å². The Morgan fingerprint density at radius 3 is 2.69 bits per heavy atom. The van der Waals surface area contributed by atoms with Crippen LogP contribution in [0.4, 0.5) is 11.6 Å². The molecule has 0 spiro atoms. The Labute approximate surface area is 93.4 Å². The monoisotopic (exact) mass is 228 g/mol. The van der Waals surface area contributed by atoms with E-state index in [1.54, 1.807) is 19.0 Å². The van der Waals surface area contributed by atoms with Gasteiger partial charge in [0.15, 0.2) is 5.82 Å². The predicted molar refractivity (Wildman–Crippen MR) is 59.4 cm³/mol. The predicted octanol–water partition coefficient (Wildman–Crippen LogP) is -0.690. The van der Waals surface area contributed by atoms with E-state index in [2.05, 4.69) is 9.84 Å². The molecule has 0 radical (unpaired) electrons. The van der Waals surface area contributed by atoms with Crippen LogP contribution in [0.1, 0.15) is 10.4 Å². The molecule has 0 bridgehead atoms. The Kier molecular flexibility index (Phi) is 3.73. The summed E-state index contributed by atoms with van der Waals surface area (Å²) in [5.41, 5.74) is 5.99. The molecule has 0 fully saturated rings. The zero-order valence-electron chi connectivity index (χ0n) is 9.60. The van der Waals surface area contributed by atoms with Crippen molar-refractivity contribution in [1.29, 1.82) is 0 Å². The lowest BCUT2D eigenvalue weighted by Gasteiger charge is -2.09. The summed E-state index contributed by atoms with van der Waals surface area (Å²) in [6.07, 6.45) is 0. The van der Waals surface area contributed by atoms with Crippen LogP contribution >= 0.6 is 0 Å². The van der Waals surface area contributed by atoms with E-state index in [1.807, 2.05) is 0 Å². The van der Waals surface area contributed by atoms with E-state index in [4.69, 9.17) is 10.8 Å². The maximum absolute atomic E-state index is 11.5. The topological polar surface area (TPSA) is 93.6 Å². The van der Waals surface area contributed by atoms with Crippen molar-refractivity contribution in [3.05, 3.63) is 5.56 Å². The molecule has 1 aromatic rings. The maximum Gasteiger partial charge on any atom is 0.345 e. The van der Waals surface area contributed by atoms with Crippen molar-refractivity contribution in [3.63, 3.8) is 0 Å². The van der Waals surface area contributed by atoms with Crippen molar-refractivity contribution in [2.45, 2.75) is 6.54 Å². The summed E-state index contributed by atoms with van der Waals surface area (Å²) in [4.78, 5) is 13.2. The van der Waals surface area contributed by atoms with Crippen molar-refractivity contribution in [3.8, 4) is 0 Å². The molecule has 0 atom stereocenters. The van der Waals surface area contributed by atoms with Crippen LogP contribution in [0.2, 0.25) is 0 Å². The van der Waals surface area contributed by atoms with Crippen LogP contribution in [0.15, 0.2) is 0 Å². The quantitative estimate of drug-likeness (QED) is 0.662. The van der Waals surface area contributed by atoms with Gasteiger partial charge in [0.05, 0.1) is 20.3 Å². The summed E-state index contributed by atoms with van der Waals surface area (Å²) in [7, 11) is 4.78. The van der Waals surface area contributed by atoms with Crippen molar-refractivity contribution < 1.29 is 14.6 Å². The normalized spacial score (nSPS) is 10.2. The van der Waals surface area contributed by atoms with Gasteiger partial charge in [-0.15, -0.1) is 0 Å². The third-order valence-electron chi connectivity index (χ3n) is 2.10. The standard InChI is InChI=1S/C9H16N4O3/c1-12(2)8-6(9(15)16-3)7(10)13(11-8)4-5-14/h14H,4-5,10H2,1-3H3. The largest absolute Gasteiger partial charge is 0.465 e. The van der Waals surface area contributed by atoms with Crippen molar-refractivity contribution in [2.24, 2.45) is 0 Å². The average Bonchev–Trinajstić information content (AvgIpc) is 2.56. The number of hydrogen-bond acceptors (Lipinski definition) is 6. The van der Waals surface area contributed by atoms with E-state index in [0.717, 1.165) is 0 Å². The Bertz CT molecular complexity index is 386. The lowest BCUT2D eigenvalue weighted by molar-refractivity contribution is 0.0602. The highest BCUT2D eigenvalue weighted by atomic mass is 16.5. The van der Waals surface area contributed by atoms with Gasteiger partial charge in [-0.2, -0.15) is 5.10 Å². The molecule has 1 rings (SSSR count). The molecule has 0 saturated heterocycles. The first-order valence-electron chi connectivity index (χ1n) is 4.75. The Morgan fingerprint density at radius 2 is 2.25 bits per heavy atom. The SMILES string of the molecule is COC(=O)c1c(N(C)C)nn(CCO)c1N. The first-order chi connectivity index (χ1) is 7.52. The second-order valence-corrected chi connectivity index (χ2v) is 3.42. The zero-order valence-corrected chi connectivity index (χ0v) is 9.60. The minimum Gasteiger partial charge on any atom is -0.465 e. The highest BCUT2D eigenvalue weighted by Gasteiger charge is 2.23. The summed E-state index contributed by atoms with van der Waals surface area (Å²) in [5, 5.41) is 13.0. The first-order valence-corrected chi connectivity index (χ1v) is 4.75. The molecule has 1 heterocycles. The first kappa shape index (κ1) is 12.3. The van der Waals surface area contributed by atoms with Crippen molar-refractivity contribution in [2.75, 3.05) is 38.4 Å². The van der Waals surface area contributed by atoms with Crippen LogP contribution in [0, 0.1) is 0 Å². The molecular weight excluding hydrogens is 212 g/mol. The van der Waals surface area contributed by atoms with Crippen LogP contribution in [0.5, 0.6) is 0 Å². The number of carbonyl (C=O) groups excluding carboxylic acids is 1. The molecule has 0 aromatic carbocycles. The molecule has 0 aliphatic rings. The van der Waals surface area contributed by atoms with Gasteiger partial charge in [-0.3, -0.25) is 0 Å². The number of ether oxygens (including phenoxy) is 1. The molecule has 0 unspecified atom stereocenters. The molecule has 1 aromatic heterocycles. The van der Waals surface area contributed by atoms with E-state index in [-0.39, 0.29) is 24.5 Å². The van der Waals surface area contributed by atoms with Crippen LogP contribution < -0.4 is 10.6 Å². The van der Waals surface area contributed by atoms with Gasteiger partial charge in [-0.25, -0.2) is 9.48 Å². The number of aliphatic hydroxyl groups is 1. The summed E-state index contributed by atoms with van der Waals surface area (Å²) in [6, 6.07) is 0. The fourth-order valence-electron chi connectivity index (χ4n) is 1.34. The highest BCUT2D eigenvalue weighted by molar-refractivity contribution is 5.99. The Hall–Kier alpha value is -1.76. The molecule has 0 saturated carbocycles. The summed E-state index contributed by atoms with van der Waals surface area (Å²) in [5.74, 6) is 0.0905. The highest BCUT2D eigenvalue weighted by Crippen LogP contribution is 2.24. The van der Waals surface area contributed by atoms with E-state index >= 15 is 0 Å². The number of carbonyl (C=O) groups is 1. The molecule has 0 aliphatic heterocycles. The maximum atomic E-state index is 11.5. The number of methoxy groups -OCH3 is 1. The number of nitrogens with zero attached hydrogens (tertiary/aromatic N) is 3. The number of nitrogens with two attached hydrogens (primary N) is 1. The number of hydrogen-bond donors (Lipinski definition) is 2. The Balaban J connectivity index is 3.26. The van der Waals surface area contributed by atoms with Crippen LogP contribution in [0.3, 0.4) is 0 Å². The molecule has 16 heavy (non-hydrogen) atoms. The smallest absolute Gasteiger partial charge is 0.345 e. The minimum absolute atomic E-state index is 0.0979. The van der Waals surface area contributed by atoms with E-state index < -0.39 is 5.97 Å². The van der Waals surface area contributed by atoms with Crippen LogP contribution in [0.25, 0.3) is 0 Å². The van der Waals surface area contributed by atoms with Gasteiger partial charge in [0, 0.05) is 14.1 Å². The van der Waals surface area contributed by atoms with Gasteiger partial charge < -0.3 is 20.5 Å². The lowest BCUT2D eigenvalue weighted by Crippen LogP contribution is -2.14. The number of esters is 1. The summed E-state index contributed by atoms with van der Waals surface area (Å²) < 4.78 is 6.01. The molecule has 3 N–H and O–H groups in total. The second-order valence-electron chi connectivity index (χ2n) is 3.42. The van der Waals surface area contributed by atoms with Crippen LogP contribution in [-0.2, 0) is 11.3 Å². The fraction of sp³-hybridized carbons (Fsp3) is 0.556. The molecule has 0 amide bonds. The van der Waals surface area contributed by atoms with Crippen molar-refractivity contribution >= 4 is 17.6 Å². The zero-order chi connectivity index (χ0) is 12.3. The van der Waals surface area contributed by atoms with Crippen LogP contribution in [-0.4, -0.2) is 48.7 Å². The molecule has 7 nitrogen and oxygen atoms in total. The molecule has 90 valence electrons. The summed E-state index contributed by atoms with van der Waals surface area (Å²) >= 11 is 0. The summed E-state index contributed by atoms with van der Waals surface area (Å²) in [6.45, 7) is 0.142. The number of rotatable bonds is 4. The van der Waals surface area contributed by atoms with Gasteiger partial charge >= 0.3 is 5.97 Å². The number of anilines is 2. The third-order valence-corrected chi connectivity index (χ3v) is 2.10. The number of aliphatic hydroxyl groups excluding tert-OH is 1. The average molecular weight is 228 g/mol.